The van der Waals surface area contributed by atoms with Crippen molar-refractivity contribution in [2.45, 2.75) is 46.5 Å². The number of carbonyl (C=O) groups is 2. The number of aryl methyl sites for hydroxylation is 1. The van der Waals surface area contributed by atoms with Crippen molar-refractivity contribution in [2.24, 2.45) is 5.92 Å². The van der Waals surface area contributed by atoms with E-state index in [1.165, 1.54) is 0 Å². The number of nitrogens with zero attached hydrogens (tertiary/aromatic N) is 2. The lowest BCUT2D eigenvalue weighted by Gasteiger charge is -2.30. The Morgan fingerprint density at radius 1 is 1.36 bits per heavy atom. The molecule has 0 bridgehead atoms. The molecule has 0 radical (unpaired) electrons. The first-order valence-electron chi connectivity index (χ1n) is 9.80. The van der Waals surface area contributed by atoms with Gasteiger partial charge in [0.05, 0.1) is 12.5 Å². The fraction of sp³-hybridized carbons (Fsp3) is 0.500. The van der Waals surface area contributed by atoms with Gasteiger partial charge in [-0.1, -0.05) is 32.0 Å². The summed E-state index contributed by atoms with van der Waals surface area (Å²) in [6.45, 7) is 9.49. The first-order chi connectivity index (χ1) is 13.4. The number of carbonyl (C=O) groups excluding carboxylic acids is 2. The van der Waals surface area contributed by atoms with Crippen molar-refractivity contribution < 1.29 is 14.3 Å². The third-order valence-electron chi connectivity index (χ3n) is 4.99. The van der Waals surface area contributed by atoms with Crippen LogP contribution in [0, 0.1) is 24.2 Å². The van der Waals surface area contributed by atoms with Crippen LogP contribution in [0.15, 0.2) is 30.0 Å². The molecule has 1 amide bonds. The Labute approximate surface area is 167 Å². The van der Waals surface area contributed by atoms with Crippen LogP contribution in [0.25, 0.3) is 0 Å². The van der Waals surface area contributed by atoms with Crippen LogP contribution in [0.4, 0.5) is 5.69 Å². The highest BCUT2D eigenvalue weighted by Crippen LogP contribution is 2.28. The molecule has 6 nitrogen and oxygen atoms in total. The van der Waals surface area contributed by atoms with E-state index in [1.54, 1.807) is 13.1 Å². The number of esters is 1. The molecule has 6 heteroatoms. The van der Waals surface area contributed by atoms with Crippen LogP contribution in [-0.4, -0.2) is 36.5 Å². The molecule has 1 heterocycles. The van der Waals surface area contributed by atoms with E-state index in [9.17, 15) is 14.9 Å². The highest BCUT2D eigenvalue weighted by atomic mass is 16.5. The van der Waals surface area contributed by atoms with Gasteiger partial charge in [-0.05, 0) is 43.7 Å². The Hall–Kier alpha value is -2.81. The van der Waals surface area contributed by atoms with Gasteiger partial charge in [0.15, 0.2) is 0 Å². The topological polar surface area (TPSA) is 82.4 Å². The summed E-state index contributed by atoms with van der Waals surface area (Å²) in [6, 6.07) is 7.91. The van der Waals surface area contributed by atoms with Gasteiger partial charge in [-0.3, -0.25) is 9.59 Å². The normalized spacial score (nSPS) is 15.3. The Morgan fingerprint density at radius 2 is 2.04 bits per heavy atom. The number of benzene rings is 1. The summed E-state index contributed by atoms with van der Waals surface area (Å²) in [6.07, 6.45) is 2.92. The minimum absolute atomic E-state index is 0.0625. The predicted molar refractivity (Wildman–Crippen MR) is 109 cm³/mol. The predicted octanol–water partition coefficient (Wildman–Crippen LogP) is 3.74. The molecule has 1 aromatic rings. The van der Waals surface area contributed by atoms with Gasteiger partial charge in [0.25, 0.3) is 5.91 Å². The van der Waals surface area contributed by atoms with Crippen LogP contribution < -0.4 is 5.32 Å². The molecule has 0 saturated carbocycles. The van der Waals surface area contributed by atoms with E-state index in [4.69, 9.17) is 4.74 Å². The molecular weight excluding hydrogens is 354 g/mol. The van der Waals surface area contributed by atoms with E-state index in [0.717, 1.165) is 16.8 Å². The van der Waals surface area contributed by atoms with E-state index in [-0.39, 0.29) is 23.4 Å². The number of likely N-dealkylation sites (tertiary alicyclic amines) is 1. The molecule has 1 aromatic carbocycles. The molecule has 150 valence electrons. The van der Waals surface area contributed by atoms with Gasteiger partial charge in [-0.2, -0.15) is 5.26 Å². The standard InChI is InChI=1S/C22H29N3O3/c1-5-28-22(27)17-9-11-25(12-10-17)14-18(13-23)21(26)24-20-16(4)7-6-8-19(20)15(2)3/h6-8,14-15,17H,5,9-12H2,1-4H3,(H,24,26)/b18-14-. The van der Waals surface area contributed by atoms with Crippen LogP contribution in [0.1, 0.15) is 50.7 Å². The second-order valence-corrected chi connectivity index (χ2v) is 7.36. The van der Waals surface area contributed by atoms with Gasteiger partial charge >= 0.3 is 5.97 Å². The van der Waals surface area contributed by atoms with E-state index in [1.807, 2.05) is 36.1 Å². The molecule has 1 aliphatic rings. The summed E-state index contributed by atoms with van der Waals surface area (Å²) < 4.78 is 5.08. The number of nitriles is 1. The number of rotatable bonds is 6. The maximum Gasteiger partial charge on any atom is 0.309 e. The van der Waals surface area contributed by atoms with Gasteiger partial charge in [0.2, 0.25) is 0 Å². The molecule has 0 unspecified atom stereocenters. The van der Waals surface area contributed by atoms with Crippen molar-refractivity contribution in [3.05, 3.63) is 41.1 Å². The Balaban J connectivity index is 2.07. The average molecular weight is 383 g/mol. The number of nitrogens with one attached hydrogen (secondary N) is 1. The maximum absolute atomic E-state index is 12.7. The van der Waals surface area contributed by atoms with E-state index in [2.05, 4.69) is 19.2 Å². The fourth-order valence-electron chi connectivity index (χ4n) is 3.37. The highest BCUT2D eigenvalue weighted by Gasteiger charge is 2.25. The largest absolute Gasteiger partial charge is 0.466 e. The SMILES string of the molecule is CCOC(=O)C1CCN(/C=C(/C#N)C(=O)Nc2c(C)cccc2C(C)C)CC1. The first-order valence-corrected chi connectivity index (χ1v) is 9.80. The van der Waals surface area contributed by atoms with Gasteiger partial charge in [0, 0.05) is 25.0 Å². The van der Waals surface area contributed by atoms with Gasteiger partial charge in [-0.15, -0.1) is 0 Å². The van der Waals surface area contributed by atoms with Crippen LogP contribution in [0.5, 0.6) is 0 Å². The van der Waals surface area contributed by atoms with Crippen molar-refractivity contribution in [3.8, 4) is 6.07 Å². The molecular formula is C22H29N3O3. The van der Waals surface area contributed by atoms with Gasteiger partial charge < -0.3 is 15.0 Å². The first kappa shape index (κ1) is 21.5. The summed E-state index contributed by atoms with van der Waals surface area (Å²) in [5, 5.41) is 12.4. The average Bonchev–Trinajstić information content (AvgIpc) is 2.68. The molecule has 0 aliphatic carbocycles. The number of piperidine rings is 1. The molecule has 0 aromatic heterocycles. The summed E-state index contributed by atoms with van der Waals surface area (Å²) in [5.41, 5.74) is 2.84. The summed E-state index contributed by atoms with van der Waals surface area (Å²) in [7, 11) is 0. The van der Waals surface area contributed by atoms with Crippen molar-refractivity contribution in [1.82, 2.24) is 4.90 Å². The second-order valence-electron chi connectivity index (χ2n) is 7.36. The van der Waals surface area contributed by atoms with E-state index in [0.29, 0.717) is 32.5 Å². The third-order valence-corrected chi connectivity index (χ3v) is 4.99. The smallest absolute Gasteiger partial charge is 0.309 e. The molecule has 0 atom stereocenters. The number of amides is 1. The quantitative estimate of drug-likeness (QED) is 0.460. The minimum Gasteiger partial charge on any atom is -0.466 e. The van der Waals surface area contributed by atoms with Crippen molar-refractivity contribution in [2.75, 3.05) is 25.0 Å². The van der Waals surface area contributed by atoms with Crippen LogP contribution in [-0.2, 0) is 14.3 Å². The Kier molecular flexibility index (Phi) is 7.62. The number of ether oxygens (including phenoxy) is 1. The van der Waals surface area contributed by atoms with E-state index < -0.39 is 5.91 Å². The van der Waals surface area contributed by atoms with Crippen molar-refractivity contribution >= 4 is 17.6 Å². The summed E-state index contributed by atoms with van der Waals surface area (Å²) in [4.78, 5) is 26.5. The monoisotopic (exact) mass is 383 g/mol. The number of para-hydroxylation sites is 1. The highest BCUT2D eigenvalue weighted by molar-refractivity contribution is 6.07. The van der Waals surface area contributed by atoms with Crippen LogP contribution >= 0.6 is 0 Å². The Morgan fingerprint density at radius 3 is 2.61 bits per heavy atom. The van der Waals surface area contributed by atoms with Crippen LogP contribution in [0.2, 0.25) is 0 Å². The van der Waals surface area contributed by atoms with Crippen molar-refractivity contribution in [1.29, 1.82) is 5.26 Å². The zero-order valence-corrected chi connectivity index (χ0v) is 17.1. The lowest BCUT2D eigenvalue weighted by atomic mass is 9.97. The number of anilines is 1. The molecule has 1 fully saturated rings. The maximum atomic E-state index is 12.7. The molecule has 1 N–H and O–H groups in total. The molecule has 1 aliphatic heterocycles. The minimum atomic E-state index is -0.411. The van der Waals surface area contributed by atoms with E-state index >= 15 is 0 Å². The molecule has 2 rings (SSSR count). The Bertz CT molecular complexity index is 785. The van der Waals surface area contributed by atoms with Crippen LogP contribution in [0.3, 0.4) is 0 Å². The number of hydrogen-bond donors (Lipinski definition) is 1. The fourth-order valence-corrected chi connectivity index (χ4v) is 3.37. The molecule has 28 heavy (non-hydrogen) atoms. The lowest BCUT2D eigenvalue weighted by Crippen LogP contribution is -2.34. The van der Waals surface area contributed by atoms with Gasteiger partial charge in [-0.25, -0.2) is 0 Å². The zero-order chi connectivity index (χ0) is 20.7. The lowest BCUT2D eigenvalue weighted by molar-refractivity contribution is -0.149. The number of hydrogen-bond acceptors (Lipinski definition) is 5. The zero-order valence-electron chi connectivity index (χ0n) is 17.1. The summed E-state index contributed by atoms with van der Waals surface area (Å²) in [5.74, 6) is -0.424. The summed E-state index contributed by atoms with van der Waals surface area (Å²) >= 11 is 0. The molecule has 1 saturated heterocycles. The van der Waals surface area contributed by atoms with Gasteiger partial charge in [0.1, 0.15) is 11.6 Å². The van der Waals surface area contributed by atoms with Crippen molar-refractivity contribution in [3.63, 3.8) is 0 Å². The second kappa shape index (κ2) is 9.93. The third kappa shape index (κ3) is 5.35. The molecule has 0 spiro atoms.